The minimum atomic E-state index is -0.195. The van der Waals surface area contributed by atoms with E-state index in [1.54, 1.807) is 13.1 Å². The summed E-state index contributed by atoms with van der Waals surface area (Å²) in [4.78, 5) is 16.2. The maximum atomic E-state index is 12.0. The van der Waals surface area contributed by atoms with Gasteiger partial charge >= 0.3 is 0 Å². The summed E-state index contributed by atoms with van der Waals surface area (Å²) in [6.45, 7) is 4.11. The van der Waals surface area contributed by atoms with Crippen molar-refractivity contribution in [1.82, 2.24) is 16.0 Å². The molecule has 158 valence electrons. The number of furan rings is 1. The van der Waals surface area contributed by atoms with Gasteiger partial charge in [-0.25, -0.2) is 0 Å². The van der Waals surface area contributed by atoms with Crippen molar-refractivity contribution in [2.45, 2.75) is 19.4 Å². The van der Waals surface area contributed by atoms with E-state index in [9.17, 15) is 4.79 Å². The fraction of sp³-hybridized carbons (Fsp3) is 0.400. The number of amides is 1. The maximum absolute atomic E-state index is 12.0. The molecule has 3 rings (SSSR count). The predicted octanol–water partition coefficient (Wildman–Crippen LogP) is 2.33. The van der Waals surface area contributed by atoms with Gasteiger partial charge in [-0.1, -0.05) is 12.1 Å². The Morgan fingerprint density at radius 2 is 1.90 bits per heavy atom. The minimum Gasteiger partial charge on any atom is -0.486 e. The van der Waals surface area contributed by atoms with Crippen LogP contribution in [0.15, 0.2) is 46.0 Å². The number of nitrogens with zero attached hydrogens (tertiary/aromatic N) is 1. The molecule has 0 bridgehead atoms. The summed E-state index contributed by atoms with van der Waals surface area (Å²) >= 11 is 0. The topological polar surface area (TPSA) is 97.1 Å². The van der Waals surface area contributed by atoms with Crippen LogP contribution in [-0.4, -0.2) is 51.3 Å². The molecule has 1 atom stereocenters. The molecular weight excluding hydrogens is 487 g/mol. The molecule has 0 saturated heterocycles. The number of hydrogen-bond donors (Lipinski definition) is 3. The molecular formula is C20H27IN4O4. The van der Waals surface area contributed by atoms with Crippen LogP contribution in [-0.2, 0) is 0 Å². The maximum Gasteiger partial charge on any atom is 0.287 e. The molecule has 1 aliphatic heterocycles. The van der Waals surface area contributed by atoms with E-state index in [1.165, 1.54) is 6.26 Å². The van der Waals surface area contributed by atoms with Crippen LogP contribution in [0.5, 0.6) is 11.5 Å². The number of benzene rings is 1. The van der Waals surface area contributed by atoms with Crippen LogP contribution in [0.3, 0.4) is 0 Å². The second-order valence-corrected chi connectivity index (χ2v) is 6.42. The number of halogens is 1. The Morgan fingerprint density at radius 3 is 2.62 bits per heavy atom. The van der Waals surface area contributed by atoms with Crippen molar-refractivity contribution >= 4 is 35.8 Å². The molecule has 8 nitrogen and oxygen atoms in total. The Bertz CT molecular complexity index is 824. The number of aliphatic imine (C=N–C) groups is 1. The van der Waals surface area contributed by atoms with Crippen LogP contribution in [0.4, 0.5) is 0 Å². The zero-order valence-corrected chi connectivity index (χ0v) is 18.9. The number of hydrogen-bond acceptors (Lipinski definition) is 5. The lowest BCUT2D eigenvalue weighted by atomic mass is 10.2. The van der Waals surface area contributed by atoms with Gasteiger partial charge in [0.25, 0.3) is 5.91 Å². The highest BCUT2D eigenvalue weighted by atomic mass is 127. The van der Waals surface area contributed by atoms with Crippen LogP contribution in [0, 0.1) is 6.92 Å². The van der Waals surface area contributed by atoms with Gasteiger partial charge in [-0.05, 0) is 31.5 Å². The highest BCUT2D eigenvalue weighted by molar-refractivity contribution is 14.0. The fourth-order valence-corrected chi connectivity index (χ4v) is 2.78. The van der Waals surface area contributed by atoms with Crippen molar-refractivity contribution in [3.8, 4) is 11.5 Å². The molecule has 1 unspecified atom stereocenters. The van der Waals surface area contributed by atoms with Gasteiger partial charge in [0.1, 0.15) is 12.7 Å². The number of nitrogens with one attached hydrogen (secondary N) is 3. The van der Waals surface area contributed by atoms with E-state index in [0.29, 0.717) is 38.0 Å². The summed E-state index contributed by atoms with van der Waals surface area (Å²) in [5, 5.41) is 9.29. The molecule has 29 heavy (non-hydrogen) atoms. The van der Waals surface area contributed by atoms with Gasteiger partial charge < -0.3 is 29.8 Å². The van der Waals surface area contributed by atoms with Crippen LogP contribution in [0.25, 0.3) is 0 Å². The number of carbonyl (C=O) groups is 1. The summed E-state index contributed by atoms with van der Waals surface area (Å²) in [7, 11) is 1.71. The second-order valence-electron chi connectivity index (χ2n) is 6.42. The van der Waals surface area contributed by atoms with Gasteiger partial charge in [0, 0.05) is 25.7 Å². The Balaban J connectivity index is 0.00000300. The molecule has 2 aromatic rings. The lowest BCUT2D eigenvalue weighted by Gasteiger charge is -2.27. The lowest BCUT2D eigenvalue weighted by Crippen LogP contribution is -2.45. The zero-order chi connectivity index (χ0) is 19.8. The van der Waals surface area contributed by atoms with Gasteiger partial charge in [0.2, 0.25) is 0 Å². The second kappa shape index (κ2) is 11.5. The molecule has 0 fully saturated rings. The SMILES string of the molecule is CN=C(NCCCNC(=O)c1occc1C)NCC1COc2ccccc2O1.I. The summed E-state index contributed by atoms with van der Waals surface area (Å²) in [5.74, 6) is 2.37. The van der Waals surface area contributed by atoms with E-state index in [1.807, 2.05) is 31.2 Å². The average Bonchev–Trinajstić information content (AvgIpc) is 3.15. The predicted molar refractivity (Wildman–Crippen MR) is 122 cm³/mol. The Kier molecular flexibility index (Phi) is 9.10. The summed E-state index contributed by atoms with van der Waals surface area (Å²) in [6.07, 6.45) is 2.17. The molecule has 1 amide bonds. The first-order chi connectivity index (χ1) is 13.7. The van der Waals surface area contributed by atoms with E-state index >= 15 is 0 Å². The number of ether oxygens (including phenoxy) is 2. The Morgan fingerprint density at radius 1 is 1.14 bits per heavy atom. The molecule has 1 aromatic carbocycles. The van der Waals surface area contributed by atoms with Gasteiger partial charge in [0.05, 0.1) is 12.8 Å². The first kappa shape index (κ1) is 22.9. The Hall–Kier alpha value is -2.43. The quantitative estimate of drug-likeness (QED) is 0.227. The molecule has 2 heterocycles. The van der Waals surface area contributed by atoms with E-state index in [2.05, 4.69) is 20.9 Å². The molecule has 9 heteroatoms. The molecule has 1 aromatic heterocycles. The van der Waals surface area contributed by atoms with E-state index < -0.39 is 0 Å². The fourth-order valence-electron chi connectivity index (χ4n) is 2.78. The minimum absolute atomic E-state index is 0. The van der Waals surface area contributed by atoms with Gasteiger partial charge in [-0.15, -0.1) is 24.0 Å². The third-order valence-corrected chi connectivity index (χ3v) is 4.29. The highest BCUT2D eigenvalue weighted by Gasteiger charge is 2.20. The van der Waals surface area contributed by atoms with Crippen molar-refractivity contribution in [3.05, 3.63) is 47.9 Å². The molecule has 3 N–H and O–H groups in total. The first-order valence-electron chi connectivity index (χ1n) is 9.32. The van der Waals surface area contributed by atoms with Crippen molar-refractivity contribution in [2.24, 2.45) is 4.99 Å². The third kappa shape index (κ3) is 6.55. The lowest BCUT2D eigenvalue weighted by molar-refractivity contribution is 0.0924. The van der Waals surface area contributed by atoms with Gasteiger partial charge in [-0.3, -0.25) is 9.79 Å². The molecule has 0 radical (unpaired) electrons. The number of fused-ring (bicyclic) bond motifs is 1. The molecule has 1 aliphatic rings. The standard InChI is InChI=1S/C20H26N4O4.HI/c1-14-8-11-26-18(14)19(25)22-9-5-10-23-20(21-2)24-12-15-13-27-16-6-3-4-7-17(16)28-15;/h3-4,6-8,11,15H,5,9-10,12-13H2,1-2H3,(H,22,25)(H2,21,23,24);1H. The normalized spacial score (nSPS) is 15.2. The number of para-hydroxylation sites is 2. The van der Waals surface area contributed by atoms with Gasteiger partial charge in [0.15, 0.2) is 23.2 Å². The van der Waals surface area contributed by atoms with Crippen LogP contribution >= 0.6 is 24.0 Å². The van der Waals surface area contributed by atoms with Crippen molar-refractivity contribution < 1.29 is 18.7 Å². The molecule has 0 spiro atoms. The van der Waals surface area contributed by atoms with Crippen molar-refractivity contribution in [2.75, 3.05) is 33.3 Å². The number of rotatable bonds is 7. The molecule has 0 saturated carbocycles. The third-order valence-electron chi connectivity index (χ3n) is 4.29. The Labute approximate surface area is 187 Å². The zero-order valence-electron chi connectivity index (χ0n) is 16.6. The van der Waals surface area contributed by atoms with Gasteiger partial charge in [-0.2, -0.15) is 0 Å². The average molecular weight is 514 g/mol. The molecule has 0 aliphatic carbocycles. The van der Waals surface area contributed by atoms with E-state index in [4.69, 9.17) is 13.9 Å². The van der Waals surface area contributed by atoms with E-state index in [0.717, 1.165) is 23.5 Å². The number of aryl methyl sites for hydroxylation is 1. The van der Waals surface area contributed by atoms with Crippen LogP contribution in [0.1, 0.15) is 22.5 Å². The summed E-state index contributed by atoms with van der Waals surface area (Å²) in [5.41, 5.74) is 0.830. The first-order valence-corrected chi connectivity index (χ1v) is 9.32. The number of guanidine groups is 1. The monoisotopic (exact) mass is 514 g/mol. The summed E-state index contributed by atoms with van der Waals surface area (Å²) < 4.78 is 16.8. The van der Waals surface area contributed by atoms with Crippen molar-refractivity contribution in [3.63, 3.8) is 0 Å². The van der Waals surface area contributed by atoms with Crippen LogP contribution in [0.2, 0.25) is 0 Å². The highest BCUT2D eigenvalue weighted by Crippen LogP contribution is 2.30. The smallest absolute Gasteiger partial charge is 0.287 e. The largest absolute Gasteiger partial charge is 0.486 e. The number of carbonyl (C=O) groups excluding carboxylic acids is 1. The van der Waals surface area contributed by atoms with Crippen LogP contribution < -0.4 is 25.4 Å². The van der Waals surface area contributed by atoms with E-state index in [-0.39, 0.29) is 36.0 Å². The van der Waals surface area contributed by atoms with Crippen molar-refractivity contribution in [1.29, 1.82) is 0 Å². The summed E-state index contributed by atoms with van der Waals surface area (Å²) in [6, 6.07) is 9.40.